The minimum Gasteiger partial charge on any atom is -0.345 e. The lowest BCUT2D eigenvalue weighted by Gasteiger charge is -2.28. The molecule has 184 valence electrons. The van der Waals surface area contributed by atoms with E-state index in [4.69, 9.17) is 5.41 Å². The van der Waals surface area contributed by atoms with Gasteiger partial charge in [-0.05, 0) is 39.9 Å². The summed E-state index contributed by atoms with van der Waals surface area (Å²) in [5.74, 6) is -0.328. The van der Waals surface area contributed by atoms with Crippen LogP contribution >= 0.6 is 0 Å². The molecule has 0 saturated carbocycles. The highest BCUT2D eigenvalue weighted by Crippen LogP contribution is 2.37. The number of guanidine groups is 1. The van der Waals surface area contributed by atoms with E-state index in [1.165, 1.54) is 9.80 Å². The number of benzene rings is 4. The molecule has 0 bridgehead atoms. The van der Waals surface area contributed by atoms with Gasteiger partial charge in [0.05, 0.1) is 6.54 Å². The zero-order valence-corrected chi connectivity index (χ0v) is 20.8. The van der Waals surface area contributed by atoms with E-state index in [0.717, 1.165) is 27.8 Å². The van der Waals surface area contributed by atoms with Crippen molar-refractivity contribution in [2.24, 2.45) is 0 Å². The number of rotatable bonds is 6. The second kappa shape index (κ2) is 9.74. The number of carbonyl (C=O) groups excluding carboxylic acids is 2. The summed E-state index contributed by atoms with van der Waals surface area (Å²) in [4.78, 5) is 29.6. The topological polar surface area (TPSA) is 76.5 Å². The predicted octanol–water partition coefficient (Wildman–Crippen LogP) is 4.87. The van der Waals surface area contributed by atoms with E-state index in [-0.39, 0.29) is 24.3 Å². The van der Waals surface area contributed by atoms with Crippen LogP contribution in [0.3, 0.4) is 0 Å². The molecule has 0 aromatic heterocycles. The van der Waals surface area contributed by atoms with E-state index in [1.54, 1.807) is 32.3 Å². The van der Waals surface area contributed by atoms with Crippen LogP contribution in [0.2, 0.25) is 0 Å². The van der Waals surface area contributed by atoms with Crippen LogP contribution in [0.15, 0.2) is 109 Å². The van der Waals surface area contributed by atoms with Crippen molar-refractivity contribution in [1.29, 1.82) is 5.41 Å². The fraction of sp³-hybridized carbons (Fsp3) is 0.129. The van der Waals surface area contributed by atoms with Gasteiger partial charge in [0.2, 0.25) is 0 Å². The van der Waals surface area contributed by atoms with Gasteiger partial charge in [-0.15, -0.1) is 0 Å². The second-order valence-corrected chi connectivity index (χ2v) is 9.32. The molecule has 5 rings (SSSR count). The first-order chi connectivity index (χ1) is 17.9. The first-order valence-corrected chi connectivity index (χ1v) is 12.1. The quantitative estimate of drug-likeness (QED) is 0.407. The van der Waals surface area contributed by atoms with E-state index in [9.17, 15) is 9.59 Å². The van der Waals surface area contributed by atoms with Gasteiger partial charge in [-0.2, -0.15) is 0 Å². The van der Waals surface area contributed by atoms with Gasteiger partial charge >= 0.3 is 0 Å². The van der Waals surface area contributed by atoms with Crippen LogP contribution in [0.25, 0.3) is 11.1 Å². The van der Waals surface area contributed by atoms with Crippen LogP contribution < -0.4 is 5.32 Å². The molecule has 0 aliphatic carbocycles. The second-order valence-electron chi connectivity index (χ2n) is 9.32. The molecule has 2 N–H and O–H groups in total. The number of carbonyl (C=O) groups is 2. The van der Waals surface area contributed by atoms with E-state index in [1.807, 2.05) is 91.0 Å². The van der Waals surface area contributed by atoms with Gasteiger partial charge in [0.15, 0.2) is 11.5 Å². The van der Waals surface area contributed by atoms with E-state index >= 15 is 0 Å². The highest BCUT2D eigenvalue weighted by Gasteiger charge is 2.52. The smallest absolute Gasteiger partial charge is 0.264 e. The lowest BCUT2D eigenvalue weighted by molar-refractivity contribution is -0.130. The Balaban J connectivity index is 1.52. The van der Waals surface area contributed by atoms with Crippen LogP contribution in [-0.2, 0) is 16.9 Å². The minimum absolute atomic E-state index is 0.0188. The van der Waals surface area contributed by atoms with Crippen molar-refractivity contribution in [3.05, 3.63) is 131 Å². The standard InChI is InChI=1S/C31H28N4O2/c1-34(2)28(36)25-13-9-10-22(20-25)21-35-29(37)31(33-30(35)32,26-14-7-4-8-15-26)27-18-16-24(17-19-27)23-11-5-3-6-12-23/h3-20H,21H2,1-2H3,(H2,32,33). The Bertz CT molecular complexity index is 1450. The first-order valence-electron chi connectivity index (χ1n) is 12.1. The molecule has 1 heterocycles. The SMILES string of the molecule is CN(C)C(=O)c1cccc(CN2C(=N)NC(c3ccccc3)(c3ccc(-c4ccccc4)cc3)C2=O)c1. The van der Waals surface area contributed by atoms with Crippen LogP contribution in [0.1, 0.15) is 27.0 Å². The third kappa shape index (κ3) is 4.38. The normalized spacial score (nSPS) is 17.0. The molecule has 4 aromatic carbocycles. The molecule has 0 spiro atoms. The predicted molar refractivity (Wildman–Crippen MR) is 145 cm³/mol. The Labute approximate surface area is 216 Å². The molecule has 1 saturated heterocycles. The van der Waals surface area contributed by atoms with E-state index in [0.29, 0.717) is 5.56 Å². The van der Waals surface area contributed by atoms with Gasteiger partial charge in [0, 0.05) is 19.7 Å². The Hall–Kier alpha value is -4.71. The average molecular weight is 489 g/mol. The zero-order valence-electron chi connectivity index (χ0n) is 20.8. The lowest BCUT2D eigenvalue weighted by atomic mass is 9.82. The number of hydrogen-bond acceptors (Lipinski definition) is 3. The maximum absolute atomic E-state index is 14.2. The summed E-state index contributed by atoms with van der Waals surface area (Å²) < 4.78 is 0. The summed E-state index contributed by atoms with van der Waals surface area (Å²) in [5, 5.41) is 12.0. The molecule has 2 amide bonds. The molecular weight excluding hydrogens is 460 g/mol. The highest BCUT2D eigenvalue weighted by molar-refractivity contribution is 6.10. The maximum atomic E-state index is 14.2. The number of amides is 2. The Kier molecular flexibility index (Phi) is 6.32. The van der Waals surface area contributed by atoms with Gasteiger partial charge in [0.25, 0.3) is 11.8 Å². The molecular formula is C31H28N4O2. The fourth-order valence-corrected chi connectivity index (χ4v) is 4.79. The van der Waals surface area contributed by atoms with Gasteiger partial charge in [-0.1, -0.05) is 97.1 Å². The van der Waals surface area contributed by atoms with Gasteiger partial charge in [-0.3, -0.25) is 19.9 Å². The van der Waals surface area contributed by atoms with Crippen molar-refractivity contribution < 1.29 is 9.59 Å². The van der Waals surface area contributed by atoms with Crippen molar-refractivity contribution in [3.8, 4) is 11.1 Å². The van der Waals surface area contributed by atoms with Crippen LogP contribution in [0.5, 0.6) is 0 Å². The number of nitrogens with zero attached hydrogens (tertiary/aromatic N) is 2. The maximum Gasteiger partial charge on any atom is 0.264 e. The van der Waals surface area contributed by atoms with Crippen molar-refractivity contribution in [2.75, 3.05) is 14.1 Å². The summed E-state index contributed by atoms with van der Waals surface area (Å²) in [7, 11) is 3.41. The third-order valence-corrected chi connectivity index (χ3v) is 6.69. The van der Waals surface area contributed by atoms with Gasteiger partial charge in [0.1, 0.15) is 0 Å². The summed E-state index contributed by atoms with van der Waals surface area (Å²) in [6, 6.07) is 34.7. The van der Waals surface area contributed by atoms with Crippen molar-refractivity contribution in [3.63, 3.8) is 0 Å². The average Bonchev–Trinajstić information content (AvgIpc) is 3.19. The molecule has 37 heavy (non-hydrogen) atoms. The summed E-state index contributed by atoms with van der Waals surface area (Å²) >= 11 is 0. The van der Waals surface area contributed by atoms with Crippen LogP contribution in [0, 0.1) is 5.41 Å². The molecule has 1 aliphatic rings. The lowest BCUT2D eigenvalue weighted by Crippen LogP contribution is -2.45. The van der Waals surface area contributed by atoms with Gasteiger partial charge < -0.3 is 10.2 Å². The molecule has 6 nitrogen and oxygen atoms in total. The Morgan fingerprint density at radius 2 is 1.41 bits per heavy atom. The minimum atomic E-state index is -1.23. The number of hydrogen-bond donors (Lipinski definition) is 2. The molecule has 1 aliphatic heterocycles. The van der Waals surface area contributed by atoms with Crippen LogP contribution in [0.4, 0.5) is 0 Å². The summed E-state index contributed by atoms with van der Waals surface area (Å²) in [6.45, 7) is 0.176. The summed E-state index contributed by atoms with van der Waals surface area (Å²) in [5.41, 5.74) is 3.74. The monoisotopic (exact) mass is 488 g/mol. The van der Waals surface area contributed by atoms with E-state index < -0.39 is 5.54 Å². The van der Waals surface area contributed by atoms with Crippen molar-refractivity contribution >= 4 is 17.8 Å². The fourth-order valence-electron chi connectivity index (χ4n) is 4.79. The van der Waals surface area contributed by atoms with Crippen LogP contribution in [-0.4, -0.2) is 41.7 Å². The molecule has 0 radical (unpaired) electrons. The Morgan fingerprint density at radius 1 is 0.811 bits per heavy atom. The largest absolute Gasteiger partial charge is 0.345 e. The molecule has 1 fully saturated rings. The van der Waals surface area contributed by atoms with Crippen molar-refractivity contribution in [2.45, 2.75) is 12.1 Å². The Morgan fingerprint density at radius 3 is 2.05 bits per heavy atom. The summed E-state index contributed by atoms with van der Waals surface area (Å²) in [6.07, 6.45) is 0. The molecule has 1 atom stereocenters. The van der Waals surface area contributed by atoms with E-state index in [2.05, 4.69) is 5.32 Å². The first kappa shape index (κ1) is 24.0. The molecule has 6 heteroatoms. The van der Waals surface area contributed by atoms with Gasteiger partial charge in [-0.25, -0.2) is 0 Å². The zero-order chi connectivity index (χ0) is 26.0. The highest BCUT2D eigenvalue weighted by atomic mass is 16.2. The molecule has 1 unspecified atom stereocenters. The van der Waals surface area contributed by atoms with Crippen molar-refractivity contribution in [1.82, 2.24) is 15.1 Å². The molecule has 4 aromatic rings. The third-order valence-electron chi connectivity index (χ3n) is 6.69. The number of nitrogens with one attached hydrogen (secondary N) is 2.